The quantitative estimate of drug-likeness (QED) is 0.781. The molecule has 3 heterocycles. The van der Waals surface area contributed by atoms with E-state index in [9.17, 15) is 9.90 Å². The van der Waals surface area contributed by atoms with Crippen molar-refractivity contribution in [1.82, 2.24) is 25.3 Å². The number of amides is 1. The van der Waals surface area contributed by atoms with Crippen molar-refractivity contribution in [2.24, 2.45) is 0 Å². The van der Waals surface area contributed by atoms with E-state index in [0.29, 0.717) is 43.5 Å². The van der Waals surface area contributed by atoms with E-state index in [-0.39, 0.29) is 12.0 Å². The first-order chi connectivity index (χ1) is 11.7. The number of hydrogen-bond donors (Lipinski definition) is 2. The third kappa shape index (κ3) is 4.59. The molecule has 24 heavy (non-hydrogen) atoms. The molecule has 1 aliphatic rings. The predicted molar refractivity (Wildman–Crippen MR) is 85.9 cm³/mol. The van der Waals surface area contributed by atoms with Crippen LogP contribution in [0.15, 0.2) is 28.9 Å². The number of rotatable bonds is 6. The van der Waals surface area contributed by atoms with Gasteiger partial charge in [-0.05, 0) is 31.5 Å². The van der Waals surface area contributed by atoms with Gasteiger partial charge >= 0.3 is 0 Å². The van der Waals surface area contributed by atoms with Gasteiger partial charge in [0.25, 0.3) is 0 Å². The number of carbonyl (C=O) groups excluding carboxylic acids is 1. The Hall–Kier alpha value is -2.32. The molecule has 0 aromatic carbocycles. The summed E-state index contributed by atoms with van der Waals surface area (Å²) < 4.78 is 5.17. The van der Waals surface area contributed by atoms with E-state index in [1.807, 2.05) is 23.1 Å². The largest absolute Gasteiger partial charge is 0.392 e. The Labute approximate surface area is 139 Å². The van der Waals surface area contributed by atoms with Gasteiger partial charge in [-0.3, -0.25) is 14.7 Å². The summed E-state index contributed by atoms with van der Waals surface area (Å²) in [7, 11) is 0. The van der Waals surface area contributed by atoms with Gasteiger partial charge in [0.2, 0.25) is 17.6 Å². The molecule has 0 aliphatic carbocycles. The Morgan fingerprint density at radius 3 is 3.17 bits per heavy atom. The van der Waals surface area contributed by atoms with Crippen LogP contribution in [0.2, 0.25) is 0 Å². The lowest BCUT2D eigenvalue weighted by Crippen LogP contribution is -2.44. The van der Waals surface area contributed by atoms with Crippen molar-refractivity contribution in [2.75, 3.05) is 26.2 Å². The maximum atomic E-state index is 11.9. The summed E-state index contributed by atoms with van der Waals surface area (Å²) in [6.07, 6.45) is 3.55. The van der Waals surface area contributed by atoms with Crippen molar-refractivity contribution in [3.05, 3.63) is 30.3 Å². The summed E-state index contributed by atoms with van der Waals surface area (Å²) in [6.45, 7) is 2.14. The molecule has 1 fully saturated rings. The molecule has 2 aromatic heterocycles. The molecule has 0 spiro atoms. The lowest BCUT2D eigenvalue weighted by molar-refractivity contribution is -0.122. The van der Waals surface area contributed by atoms with Crippen LogP contribution in [0.5, 0.6) is 0 Å². The summed E-state index contributed by atoms with van der Waals surface area (Å²) in [5.74, 6) is 0.845. The first kappa shape index (κ1) is 16.5. The summed E-state index contributed by atoms with van der Waals surface area (Å²) in [6, 6.07) is 5.49. The average Bonchev–Trinajstić information content (AvgIpc) is 3.04. The lowest BCUT2D eigenvalue weighted by atomic mass is 10.1. The highest BCUT2D eigenvalue weighted by atomic mass is 16.5. The third-order valence-corrected chi connectivity index (χ3v) is 3.87. The van der Waals surface area contributed by atoms with Gasteiger partial charge < -0.3 is 14.9 Å². The van der Waals surface area contributed by atoms with Gasteiger partial charge in [-0.25, -0.2) is 0 Å². The van der Waals surface area contributed by atoms with Crippen molar-refractivity contribution in [3.8, 4) is 11.5 Å². The van der Waals surface area contributed by atoms with E-state index in [0.717, 1.165) is 19.4 Å². The van der Waals surface area contributed by atoms with Crippen LogP contribution in [0, 0.1) is 0 Å². The number of aliphatic hydroxyl groups excluding tert-OH is 1. The maximum Gasteiger partial charge on any atom is 0.234 e. The number of pyridine rings is 1. The Morgan fingerprint density at radius 2 is 2.38 bits per heavy atom. The molecule has 1 unspecified atom stereocenters. The molecule has 2 aromatic rings. The molecule has 3 rings (SSSR count). The summed E-state index contributed by atoms with van der Waals surface area (Å²) >= 11 is 0. The van der Waals surface area contributed by atoms with Crippen molar-refractivity contribution in [2.45, 2.75) is 25.4 Å². The second-order valence-electron chi connectivity index (χ2n) is 5.86. The monoisotopic (exact) mass is 331 g/mol. The highest BCUT2D eigenvalue weighted by Crippen LogP contribution is 2.12. The number of aliphatic hydroxyl groups is 1. The zero-order valence-corrected chi connectivity index (χ0v) is 13.4. The predicted octanol–water partition coefficient (Wildman–Crippen LogP) is 0.247. The summed E-state index contributed by atoms with van der Waals surface area (Å²) in [4.78, 5) is 22.3. The Balaban J connectivity index is 1.42. The van der Waals surface area contributed by atoms with Gasteiger partial charge in [-0.15, -0.1) is 0 Å². The molecule has 0 saturated carbocycles. The van der Waals surface area contributed by atoms with Gasteiger partial charge in [0.15, 0.2) is 0 Å². The van der Waals surface area contributed by atoms with Crippen LogP contribution in [0.1, 0.15) is 18.7 Å². The van der Waals surface area contributed by atoms with Crippen molar-refractivity contribution < 1.29 is 14.4 Å². The molecule has 0 bridgehead atoms. The van der Waals surface area contributed by atoms with Crippen LogP contribution in [0.3, 0.4) is 0 Å². The Bertz CT molecular complexity index is 661. The highest BCUT2D eigenvalue weighted by molar-refractivity contribution is 5.78. The van der Waals surface area contributed by atoms with Gasteiger partial charge in [0, 0.05) is 25.7 Å². The number of aromatic nitrogens is 3. The van der Waals surface area contributed by atoms with Crippen LogP contribution >= 0.6 is 0 Å². The fraction of sp³-hybridized carbons (Fsp3) is 0.500. The van der Waals surface area contributed by atoms with Gasteiger partial charge in [-0.1, -0.05) is 11.2 Å². The number of piperidine rings is 1. The van der Waals surface area contributed by atoms with Crippen molar-refractivity contribution in [1.29, 1.82) is 0 Å². The third-order valence-electron chi connectivity index (χ3n) is 3.87. The van der Waals surface area contributed by atoms with Crippen LogP contribution in [-0.2, 0) is 11.2 Å². The molecule has 0 radical (unpaired) electrons. The molecule has 8 heteroatoms. The van der Waals surface area contributed by atoms with E-state index in [2.05, 4.69) is 20.4 Å². The average molecular weight is 331 g/mol. The number of nitrogens with one attached hydrogen (secondary N) is 1. The zero-order chi connectivity index (χ0) is 16.8. The van der Waals surface area contributed by atoms with E-state index >= 15 is 0 Å². The standard InChI is InChI=1S/C16H21N5O3/c22-12-4-3-9-21(10-12)11-14(23)18-8-6-15-19-16(20-24-15)13-5-1-2-7-17-13/h1-2,5,7,12,22H,3-4,6,8-11H2,(H,18,23). The minimum atomic E-state index is -0.324. The molecule has 1 amide bonds. The molecular weight excluding hydrogens is 310 g/mol. The normalized spacial score (nSPS) is 18.5. The van der Waals surface area contributed by atoms with Crippen LogP contribution in [-0.4, -0.2) is 63.3 Å². The molecule has 2 N–H and O–H groups in total. The van der Waals surface area contributed by atoms with Gasteiger partial charge in [0.05, 0.1) is 12.6 Å². The molecule has 1 atom stereocenters. The minimum absolute atomic E-state index is 0.0615. The van der Waals surface area contributed by atoms with Gasteiger partial charge in [-0.2, -0.15) is 4.98 Å². The summed E-state index contributed by atoms with van der Waals surface area (Å²) in [5.41, 5.74) is 0.653. The van der Waals surface area contributed by atoms with E-state index in [1.54, 1.807) is 6.20 Å². The molecule has 8 nitrogen and oxygen atoms in total. The zero-order valence-electron chi connectivity index (χ0n) is 13.4. The van der Waals surface area contributed by atoms with E-state index in [1.165, 1.54) is 0 Å². The number of likely N-dealkylation sites (tertiary alicyclic amines) is 1. The Morgan fingerprint density at radius 1 is 1.46 bits per heavy atom. The fourth-order valence-corrected chi connectivity index (χ4v) is 2.70. The number of nitrogens with zero attached hydrogens (tertiary/aromatic N) is 4. The molecule has 1 aliphatic heterocycles. The Kier molecular flexibility index (Phi) is 5.50. The number of carbonyl (C=O) groups is 1. The highest BCUT2D eigenvalue weighted by Gasteiger charge is 2.19. The fourth-order valence-electron chi connectivity index (χ4n) is 2.70. The second-order valence-corrected chi connectivity index (χ2v) is 5.86. The number of β-amino-alcohol motifs (C(OH)–C–C–N with tert-alkyl or cyclic N) is 1. The van der Waals surface area contributed by atoms with Crippen LogP contribution in [0.25, 0.3) is 11.5 Å². The first-order valence-corrected chi connectivity index (χ1v) is 8.12. The van der Waals surface area contributed by atoms with Gasteiger partial charge in [0.1, 0.15) is 5.69 Å². The van der Waals surface area contributed by atoms with Crippen molar-refractivity contribution in [3.63, 3.8) is 0 Å². The van der Waals surface area contributed by atoms with Crippen LogP contribution in [0.4, 0.5) is 0 Å². The van der Waals surface area contributed by atoms with Crippen LogP contribution < -0.4 is 5.32 Å². The SMILES string of the molecule is O=C(CN1CCCC(O)C1)NCCc1nc(-c2ccccn2)no1. The minimum Gasteiger partial charge on any atom is -0.392 e. The lowest BCUT2D eigenvalue weighted by Gasteiger charge is -2.29. The molecule has 1 saturated heterocycles. The molecule has 128 valence electrons. The van der Waals surface area contributed by atoms with E-state index < -0.39 is 0 Å². The first-order valence-electron chi connectivity index (χ1n) is 8.12. The molecular formula is C16H21N5O3. The van der Waals surface area contributed by atoms with E-state index in [4.69, 9.17) is 4.52 Å². The maximum absolute atomic E-state index is 11.9. The smallest absolute Gasteiger partial charge is 0.234 e. The van der Waals surface area contributed by atoms with Crippen molar-refractivity contribution >= 4 is 5.91 Å². The second kappa shape index (κ2) is 7.98. The summed E-state index contributed by atoms with van der Waals surface area (Å²) in [5, 5.41) is 16.3. The topological polar surface area (TPSA) is 104 Å². The number of hydrogen-bond acceptors (Lipinski definition) is 7.